The predicted octanol–water partition coefficient (Wildman–Crippen LogP) is 6.09. The minimum Gasteiger partial charge on any atom is -0.464 e. The van der Waals surface area contributed by atoms with Crippen LogP contribution in [0.2, 0.25) is 0 Å². The summed E-state index contributed by atoms with van der Waals surface area (Å²) in [7, 11) is -3.86. The summed E-state index contributed by atoms with van der Waals surface area (Å²) in [6.07, 6.45) is 0.600. The molecule has 1 aliphatic heterocycles. The number of hydrogen-bond donors (Lipinski definition) is 1. The van der Waals surface area contributed by atoms with Gasteiger partial charge in [-0.2, -0.15) is 0 Å². The third-order valence-corrected chi connectivity index (χ3v) is 9.84. The van der Waals surface area contributed by atoms with Gasteiger partial charge in [-0.15, -0.1) is 0 Å². The molecule has 39 heavy (non-hydrogen) atoms. The van der Waals surface area contributed by atoms with Crippen molar-refractivity contribution in [3.63, 3.8) is 0 Å². The van der Waals surface area contributed by atoms with Gasteiger partial charge in [0.15, 0.2) is 6.04 Å². The average Bonchev–Trinajstić information content (AvgIpc) is 2.90. The van der Waals surface area contributed by atoms with Crippen molar-refractivity contribution >= 4 is 43.5 Å². The third kappa shape index (κ3) is 5.47. The van der Waals surface area contributed by atoms with E-state index in [1.807, 2.05) is 52.8 Å². The summed E-state index contributed by atoms with van der Waals surface area (Å²) in [6.45, 7) is 11.8. The highest BCUT2D eigenvalue weighted by Crippen LogP contribution is 2.34. The van der Waals surface area contributed by atoms with Crippen molar-refractivity contribution in [3.8, 4) is 0 Å². The van der Waals surface area contributed by atoms with Crippen molar-refractivity contribution < 1.29 is 22.7 Å². The summed E-state index contributed by atoms with van der Waals surface area (Å²) < 4.78 is 35.7. The van der Waals surface area contributed by atoms with Gasteiger partial charge in [-0.3, -0.25) is 9.52 Å². The van der Waals surface area contributed by atoms with E-state index >= 15 is 0 Å². The van der Waals surface area contributed by atoms with Crippen LogP contribution in [0, 0.1) is 34.6 Å². The van der Waals surface area contributed by atoms with Gasteiger partial charge in [-0.1, -0.05) is 22.0 Å². The van der Waals surface area contributed by atoms with E-state index in [-0.39, 0.29) is 17.4 Å². The Morgan fingerprint density at radius 2 is 1.54 bits per heavy atom. The van der Waals surface area contributed by atoms with E-state index in [9.17, 15) is 18.0 Å². The molecule has 1 unspecified atom stereocenters. The second-order valence-electron chi connectivity index (χ2n) is 9.88. The molecule has 0 saturated carbocycles. The van der Waals surface area contributed by atoms with Crippen LogP contribution in [0.3, 0.4) is 0 Å². The monoisotopic (exact) mass is 612 g/mol. The normalized spacial score (nSPS) is 15.1. The highest BCUT2D eigenvalue weighted by Gasteiger charge is 2.37. The molecule has 1 aliphatic rings. The molecule has 0 saturated heterocycles. The molecule has 1 N–H and O–H groups in total. The second-order valence-corrected chi connectivity index (χ2v) is 12.4. The lowest BCUT2D eigenvalue weighted by molar-refractivity contribution is -0.149. The first-order valence-electron chi connectivity index (χ1n) is 12.8. The number of rotatable bonds is 6. The first-order chi connectivity index (χ1) is 18.4. The highest BCUT2D eigenvalue weighted by molar-refractivity contribution is 9.10. The van der Waals surface area contributed by atoms with Gasteiger partial charge in [0.05, 0.1) is 11.5 Å². The van der Waals surface area contributed by atoms with Crippen LogP contribution in [0.1, 0.15) is 62.3 Å². The molecule has 0 aliphatic carbocycles. The number of carbonyl (C=O) groups is 2. The molecular formula is C30H33BrN2O5S. The zero-order chi connectivity index (χ0) is 28.6. The van der Waals surface area contributed by atoms with Crippen LogP contribution < -0.4 is 4.72 Å². The first-order valence-corrected chi connectivity index (χ1v) is 15.1. The van der Waals surface area contributed by atoms with Gasteiger partial charge in [-0.05, 0) is 123 Å². The lowest BCUT2D eigenvalue weighted by Crippen LogP contribution is -2.44. The highest BCUT2D eigenvalue weighted by atomic mass is 79.9. The number of sulfonamides is 1. The number of anilines is 1. The Labute approximate surface area is 238 Å². The summed E-state index contributed by atoms with van der Waals surface area (Å²) in [5, 5.41) is 0. The van der Waals surface area contributed by atoms with Gasteiger partial charge in [-0.25, -0.2) is 13.2 Å². The number of hydrogen-bond acceptors (Lipinski definition) is 5. The molecular weight excluding hydrogens is 580 g/mol. The van der Waals surface area contributed by atoms with Gasteiger partial charge in [0.25, 0.3) is 15.9 Å². The Morgan fingerprint density at radius 3 is 2.13 bits per heavy atom. The quantitative estimate of drug-likeness (QED) is 0.340. The lowest BCUT2D eigenvalue weighted by Gasteiger charge is -2.36. The van der Waals surface area contributed by atoms with Crippen LogP contribution in [-0.2, 0) is 26.0 Å². The number of fused-ring (bicyclic) bond motifs is 1. The van der Waals surface area contributed by atoms with Crippen molar-refractivity contribution in [2.24, 2.45) is 0 Å². The fourth-order valence-electron chi connectivity index (χ4n) is 5.21. The van der Waals surface area contributed by atoms with E-state index in [1.165, 1.54) is 4.90 Å². The molecule has 4 rings (SSSR count). The Kier molecular flexibility index (Phi) is 8.23. The van der Waals surface area contributed by atoms with Crippen molar-refractivity contribution in [1.29, 1.82) is 0 Å². The third-order valence-electron chi connectivity index (χ3n) is 7.69. The summed E-state index contributed by atoms with van der Waals surface area (Å²) in [5.74, 6) is -0.805. The van der Waals surface area contributed by atoms with E-state index in [2.05, 4.69) is 20.7 Å². The maximum absolute atomic E-state index is 13.6. The SMILES string of the molecule is CCOC(=O)C1c2ccc(Br)cc2CCN1C(=O)c1ccc(NS(=O)(=O)c2c(C)c(C)c(C)c(C)c2C)cc1. The van der Waals surface area contributed by atoms with Crippen molar-refractivity contribution in [2.45, 2.75) is 58.9 Å². The number of ether oxygens (including phenoxy) is 1. The Bertz CT molecular complexity index is 1540. The lowest BCUT2D eigenvalue weighted by atomic mass is 9.92. The zero-order valence-corrected chi connectivity index (χ0v) is 25.4. The summed E-state index contributed by atoms with van der Waals surface area (Å²) in [5.41, 5.74) is 6.85. The van der Waals surface area contributed by atoms with Gasteiger partial charge in [0, 0.05) is 22.3 Å². The molecule has 1 atom stereocenters. The topological polar surface area (TPSA) is 92.8 Å². The van der Waals surface area contributed by atoms with E-state index < -0.39 is 22.0 Å². The Morgan fingerprint density at radius 1 is 0.949 bits per heavy atom. The fraction of sp³-hybridized carbons (Fsp3) is 0.333. The number of nitrogens with one attached hydrogen (secondary N) is 1. The van der Waals surface area contributed by atoms with E-state index in [4.69, 9.17) is 4.74 Å². The van der Waals surface area contributed by atoms with Crippen LogP contribution in [0.25, 0.3) is 0 Å². The predicted molar refractivity (Wildman–Crippen MR) is 156 cm³/mol. The number of carbonyl (C=O) groups excluding carboxylic acids is 2. The molecule has 0 fully saturated rings. The van der Waals surface area contributed by atoms with Crippen LogP contribution in [0.5, 0.6) is 0 Å². The number of esters is 1. The summed E-state index contributed by atoms with van der Waals surface area (Å²) in [6, 6.07) is 11.1. The van der Waals surface area contributed by atoms with E-state index in [1.54, 1.807) is 31.2 Å². The first kappa shape index (κ1) is 28.8. The molecule has 7 nitrogen and oxygen atoms in total. The molecule has 0 spiro atoms. The van der Waals surface area contributed by atoms with Crippen molar-refractivity contribution in [3.05, 3.63) is 91.4 Å². The zero-order valence-electron chi connectivity index (χ0n) is 23.0. The smallest absolute Gasteiger partial charge is 0.333 e. The van der Waals surface area contributed by atoms with E-state index in [0.717, 1.165) is 43.4 Å². The summed E-state index contributed by atoms with van der Waals surface area (Å²) >= 11 is 3.47. The number of benzene rings is 3. The van der Waals surface area contributed by atoms with E-state index in [0.29, 0.717) is 24.2 Å². The van der Waals surface area contributed by atoms with Crippen LogP contribution in [0.4, 0.5) is 5.69 Å². The maximum Gasteiger partial charge on any atom is 0.333 e. The number of halogens is 1. The fourth-order valence-corrected chi connectivity index (χ4v) is 7.28. The summed E-state index contributed by atoms with van der Waals surface area (Å²) in [4.78, 5) is 28.3. The number of amides is 1. The molecule has 0 radical (unpaired) electrons. The second kappa shape index (κ2) is 11.1. The van der Waals surface area contributed by atoms with Crippen molar-refractivity contribution in [1.82, 2.24) is 4.90 Å². The molecule has 0 bridgehead atoms. The van der Waals surface area contributed by atoms with Gasteiger partial charge >= 0.3 is 5.97 Å². The largest absolute Gasteiger partial charge is 0.464 e. The molecule has 206 valence electrons. The maximum atomic E-state index is 13.6. The van der Waals surface area contributed by atoms with Gasteiger partial charge in [0.2, 0.25) is 0 Å². The standard InChI is InChI=1S/C30H33BrN2O5S/c1-7-38-30(35)27-26-13-10-24(31)16-23(26)14-15-33(27)29(34)22-8-11-25(12-9-22)32-39(36,37)28-20(5)18(3)17(2)19(4)21(28)6/h8-13,16,27,32H,7,14-15H2,1-6H3. The average molecular weight is 614 g/mol. The minimum atomic E-state index is -3.86. The molecule has 1 heterocycles. The minimum absolute atomic E-state index is 0.205. The van der Waals surface area contributed by atoms with Crippen LogP contribution in [-0.4, -0.2) is 38.3 Å². The molecule has 1 amide bonds. The Hall–Kier alpha value is -3.17. The molecule has 3 aromatic rings. The van der Waals surface area contributed by atoms with Crippen molar-refractivity contribution in [2.75, 3.05) is 17.9 Å². The van der Waals surface area contributed by atoms with Gasteiger partial charge in [0.1, 0.15) is 0 Å². The molecule has 0 aromatic heterocycles. The molecule has 9 heteroatoms. The Balaban J connectivity index is 1.61. The molecule has 3 aromatic carbocycles. The number of nitrogens with zero attached hydrogens (tertiary/aromatic N) is 1. The van der Waals surface area contributed by atoms with Gasteiger partial charge < -0.3 is 9.64 Å². The van der Waals surface area contributed by atoms with Crippen LogP contribution in [0.15, 0.2) is 51.8 Å². The van der Waals surface area contributed by atoms with Crippen LogP contribution >= 0.6 is 15.9 Å².